The van der Waals surface area contributed by atoms with Gasteiger partial charge in [0, 0.05) is 31.3 Å². The van der Waals surface area contributed by atoms with E-state index in [1.807, 2.05) is 12.1 Å². The monoisotopic (exact) mass is 398 g/mol. The maximum atomic E-state index is 12.3. The topological polar surface area (TPSA) is 84.6 Å². The summed E-state index contributed by atoms with van der Waals surface area (Å²) in [5, 5.41) is 4.58. The Labute approximate surface area is 163 Å². The molecule has 0 atom stereocenters. The number of fused-ring (bicyclic) bond motifs is 2. The van der Waals surface area contributed by atoms with Crippen LogP contribution >= 0.6 is 0 Å². The van der Waals surface area contributed by atoms with Crippen LogP contribution in [0.3, 0.4) is 0 Å². The van der Waals surface area contributed by atoms with Crippen molar-refractivity contribution in [3.05, 3.63) is 57.5 Å². The van der Waals surface area contributed by atoms with Gasteiger partial charge >= 0.3 is 0 Å². The molecule has 0 unspecified atom stereocenters. The fourth-order valence-electron chi connectivity index (χ4n) is 4.46. The molecule has 1 aliphatic carbocycles. The largest absolute Gasteiger partial charge is 0.355 e. The standard InChI is InChI=1S/C20H22N4O3S/c25-19-12-15-4-3-6-17(15)21-24(19)13-14-8-10-23(11-9-14)20-16-5-1-2-7-18(16)28(26,27)22-20/h1-2,5,7,12,14H,3-4,6,8-11,13H2. The van der Waals surface area contributed by atoms with Crippen molar-refractivity contribution in [2.75, 3.05) is 13.1 Å². The second-order valence-corrected chi connectivity index (χ2v) is 9.38. The van der Waals surface area contributed by atoms with Crippen LogP contribution in [0.25, 0.3) is 0 Å². The molecule has 5 rings (SSSR count). The maximum absolute atomic E-state index is 12.3. The number of rotatable bonds is 2. The van der Waals surface area contributed by atoms with E-state index in [0.717, 1.165) is 56.5 Å². The number of piperidine rings is 1. The highest BCUT2D eigenvalue weighted by atomic mass is 32.2. The Morgan fingerprint density at radius 1 is 1.11 bits per heavy atom. The average molecular weight is 398 g/mol. The maximum Gasteiger partial charge on any atom is 0.285 e. The molecule has 8 heteroatoms. The van der Waals surface area contributed by atoms with Gasteiger partial charge in [-0.05, 0) is 55.7 Å². The van der Waals surface area contributed by atoms with Crippen molar-refractivity contribution in [1.82, 2.24) is 14.7 Å². The van der Waals surface area contributed by atoms with Crippen molar-refractivity contribution in [2.45, 2.75) is 43.5 Å². The summed E-state index contributed by atoms with van der Waals surface area (Å²) >= 11 is 0. The Kier molecular flexibility index (Phi) is 4.12. The third kappa shape index (κ3) is 2.96. The fraction of sp³-hybridized carbons (Fsp3) is 0.450. The molecule has 3 heterocycles. The van der Waals surface area contributed by atoms with E-state index in [1.54, 1.807) is 22.9 Å². The Bertz CT molecular complexity index is 1130. The number of likely N-dealkylation sites (tertiary alicyclic amines) is 1. The molecule has 0 saturated carbocycles. The van der Waals surface area contributed by atoms with Crippen LogP contribution in [0.1, 0.15) is 36.1 Å². The van der Waals surface area contributed by atoms with Crippen LogP contribution in [0.5, 0.6) is 0 Å². The minimum Gasteiger partial charge on any atom is -0.355 e. The van der Waals surface area contributed by atoms with Crippen molar-refractivity contribution in [1.29, 1.82) is 0 Å². The molecule has 2 aliphatic heterocycles. The molecule has 1 aromatic carbocycles. The fourth-order valence-corrected chi connectivity index (χ4v) is 5.69. The normalized spacial score (nSPS) is 20.7. The summed E-state index contributed by atoms with van der Waals surface area (Å²) in [6.07, 6.45) is 4.76. The quantitative estimate of drug-likeness (QED) is 0.767. The summed E-state index contributed by atoms with van der Waals surface area (Å²) in [6.45, 7) is 2.08. The van der Waals surface area contributed by atoms with Gasteiger partial charge in [0.15, 0.2) is 5.84 Å². The number of hydrogen-bond donors (Lipinski definition) is 0. The lowest BCUT2D eigenvalue weighted by atomic mass is 9.96. The smallest absolute Gasteiger partial charge is 0.285 e. The van der Waals surface area contributed by atoms with Crippen LogP contribution in [0, 0.1) is 5.92 Å². The number of aryl methyl sites for hydroxylation is 2. The van der Waals surface area contributed by atoms with E-state index in [4.69, 9.17) is 0 Å². The second kappa shape index (κ2) is 6.55. The number of amidine groups is 1. The van der Waals surface area contributed by atoms with E-state index in [1.165, 1.54) is 0 Å². The lowest BCUT2D eigenvalue weighted by Crippen LogP contribution is -2.40. The summed E-state index contributed by atoms with van der Waals surface area (Å²) in [5.74, 6) is 0.914. The first-order chi connectivity index (χ1) is 13.5. The van der Waals surface area contributed by atoms with Gasteiger partial charge in [0.05, 0.1) is 5.69 Å². The average Bonchev–Trinajstić information content (AvgIpc) is 3.25. The molecule has 0 N–H and O–H groups in total. The molecule has 7 nitrogen and oxygen atoms in total. The van der Waals surface area contributed by atoms with Crippen LogP contribution in [-0.2, 0) is 29.4 Å². The lowest BCUT2D eigenvalue weighted by molar-refractivity contribution is 0.237. The van der Waals surface area contributed by atoms with Crippen molar-refractivity contribution in [3.63, 3.8) is 0 Å². The van der Waals surface area contributed by atoms with Crippen LogP contribution < -0.4 is 5.56 Å². The van der Waals surface area contributed by atoms with E-state index < -0.39 is 10.0 Å². The van der Waals surface area contributed by atoms with Crippen LogP contribution in [0.15, 0.2) is 44.4 Å². The van der Waals surface area contributed by atoms with Gasteiger partial charge in [-0.1, -0.05) is 12.1 Å². The zero-order valence-electron chi connectivity index (χ0n) is 15.5. The minimum atomic E-state index is -3.59. The predicted octanol–water partition coefficient (Wildman–Crippen LogP) is 1.59. The Balaban J connectivity index is 1.30. The molecular weight excluding hydrogens is 376 g/mol. The number of hydrogen-bond acceptors (Lipinski definition) is 5. The van der Waals surface area contributed by atoms with Gasteiger partial charge in [-0.2, -0.15) is 13.5 Å². The number of aromatic nitrogens is 2. The van der Waals surface area contributed by atoms with Gasteiger partial charge in [-0.25, -0.2) is 4.68 Å². The van der Waals surface area contributed by atoms with Gasteiger partial charge in [-0.3, -0.25) is 4.79 Å². The molecule has 0 radical (unpaired) electrons. The zero-order chi connectivity index (χ0) is 19.3. The summed E-state index contributed by atoms with van der Waals surface area (Å²) in [5.41, 5.74) is 2.86. The molecule has 0 amide bonds. The van der Waals surface area contributed by atoms with E-state index in [2.05, 4.69) is 14.4 Å². The van der Waals surface area contributed by atoms with E-state index in [0.29, 0.717) is 28.8 Å². The molecule has 1 aromatic heterocycles. The molecule has 0 bridgehead atoms. The number of sulfonamides is 1. The van der Waals surface area contributed by atoms with Crippen LogP contribution in [-0.4, -0.2) is 42.0 Å². The van der Waals surface area contributed by atoms with Crippen LogP contribution in [0.4, 0.5) is 0 Å². The highest BCUT2D eigenvalue weighted by Crippen LogP contribution is 2.30. The molecule has 2 aromatic rings. The molecule has 146 valence electrons. The van der Waals surface area contributed by atoms with Crippen molar-refractivity contribution in [3.8, 4) is 0 Å². The van der Waals surface area contributed by atoms with E-state index in [-0.39, 0.29) is 5.56 Å². The highest BCUT2D eigenvalue weighted by molar-refractivity contribution is 7.90. The predicted molar refractivity (Wildman–Crippen MR) is 105 cm³/mol. The summed E-state index contributed by atoms with van der Waals surface area (Å²) in [7, 11) is -3.59. The summed E-state index contributed by atoms with van der Waals surface area (Å²) < 4.78 is 30.2. The first-order valence-electron chi connectivity index (χ1n) is 9.80. The first kappa shape index (κ1) is 17.6. The van der Waals surface area contributed by atoms with Crippen molar-refractivity contribution in [2.24, 2.45) is 10.3 Å². The second-order valence-electron chi connectivity index (χ2n) is 7.81. The molecule has 0 spiro atoms. The Morgan fingerprint density at radius 2 is 1.89 bits per heavy atom. The molecular formula is C20H22N4O3S. The first-order valence-corrected chi connectivity index (χ1v) is 11.2. The summed E-state index contributed by atoms with van der Waals surface area (Å²) in [4.78, 5) is 14.7. The highest BCUT2D eigenvalue weighted by Gasteiger charge is 2.33. The molecule has 28 heavy (non-hydrogen) atoms. The molecule has 1 fully saturated rings. The third-order valence-electron chi connectivity index (χ3n) is 5.98. The Hall–Kier alpha value is -2.48. The minimum absolute atomic E-state index is 0.0109. The SMILES string of the molecule is O=c1cc2c(nn1CC1CCN(C3=NS(=O)(=O)c4ccccc43)CC1)CCC2. The van der Waals surface area contributed by atoms with Gasteiger partial charge < -0.3 is 4.90 Å². The van der Waals surface area contributed by atoms with E-state index in [9.17, 15) is 13.2 Å². The lowest BCUT2D eigenvalue weighted by Gasteiger charge is -2.33. The molecule has 3 aliphatic rings. The van der Waals surface area contributed by atoms with E-state index >= 15 is 0 Å². The third-order valence-corrected chi connectivity index (χ3v) is 7.31. The number of benzene rings is 1. The zero-order valence-corrected chi connectivity index (χ0v) is 16.4. The van der Waals surface area contributed by atoms with Gasteiger partial charge in [0.25, 0.3) is 15.6 Å². The number of nitrogens with zero attached hydrogens (tertiary/aromatic N) is 4. The van der Waals surface area contributed by atoms with Crippen LogP contribution in [0.2, 0.25) is 0 Å². The molecule has 1 saturated heterocycles. The Morgan fingerprint density at radius 3 is 2.71 bits per heavy atom. The van der Waals surface area contributed by atoms with Gasteiger partial charge in [-0.15, -0.1) is 4.40 Å². The van der Waals surface area contributed by atoms with Gasteiger partial charge in [0.1, 0.15) is 4.90 Å². The van der Waals surface area contributed by atoms with Crippen molar-refractivity contribution < 1.29 is 8.42 Å². The summed E-state index contributed by atoms with van der Waals surface area (Å²) in [6, 6.07) is 8.74. The van der Waals surface area contributed by atoms with Crippen molar-refractivity contribution >= 4 is 15.9 Å². The van der Waals surface area contributed by atoms with Gasteiger partial charge in [0.2, 0.25) is 0 Å².